The summed E-state index contributed by atoms with van der Waals surface area (Å²) in [7, 11) is 0. The average molecular weight is 356 g/mol. The maximum absolute atomic E-state index is 3.63. The van der Waals surface area contributed by atoms with Gasteiger partial charge in [0, 0.05) is 0 Å². The van der Waals surface area contributed by atoms with Crippen molar-refractivity contribution < 1.29 is 0 Å². The molecule has 0 heteroatoms. The van der Waals surface area contributed by atoms with Crippen LogP contribution >= 0.6 is 0 Å². The van der Waals surface area contributed by atoms with Crippen molar-refractivity contribution in [3.05, 3.63) is 115 Å². The maximum Gasteiger partial charge on any atom is -0.00264 e. The van der Waals surface area contributed by atoms with Crippen LogP contribution in [0.3, 0.4) is 0 Å². The molecule has 0 N–H and O–H groups in total. The first-order valence-electron chi connectivity index (χ1n) is 9.58. The lowest BCUT2D eigenvalue weighted by Crippen LogP contribution is -1.85. The van der Waals surface area contributed by atoms with Crippen molar-refractivity contribution in [3.8, 4) is 0 Å². The molecule has 0 bridgehead atoms. The van der Waals surface area contributed by atoms with Gasteiger partial charge in [-0.1, -0.05) is 116 Å². The van der Waals surface area contributed by atoms with Crippen molar-refractivity contribution in [1.29, 1.82) is 0 Å². The molecule has 0 aromatic heterocycles. The van der Waals surface area contributed by atoms with Crippen LogP contribution in [0.4, 0.5) is 0 Å². The molecule has 6 rings (SSSR count). The van der Waals surface area contributed by atoms with Gasteiger partial charge in [0.15, 0.2) is 0 Å². The minimum Gasteiger partial charge on any atom is -0.0985 e. The van der Waals surface area contributed by atoms with E-state index < -0.39 is 0 Å². The van der Waals surface area contributed by atoms with E-state index >= 15 is 0 Å². The lowest BCUT2D eigenvalue weighted by molar-refractivity contribution is 1.67. The second kappa shape index (κ2) is 6.83. The monoisotopic (exact) mass is 356 g/mol. The van der Waals surface area contributed by atoms with Gasteiger partial charge in [-0.25, -0.2) is 0 Å². The molecule has 0 heterocycles. The largest absolute Gasteiger partial charge is 0.0985 e. The van der Waals surface area contributed by atoms with Crippen molar-refractivity contribution in [2.45, 2.75) is 0 Å². The lowest BCUT2D eigenvalue weighted by Gasteiger charge is -2.13. The number of hydrogen-bond donors (Lipinski definition) is 0. The Morgan fingerprint density at radius 3 is 1.14 bits per heavy atom. The van der Waals surface area contributed by atoms with Gasteiger partial charge in [0.05, 0.1) is 0 Å². The summed E-state index contributed by atoms with van der Waals surface area (Å²) in [6.45, 7) is 3.63. The smallest absolute Gasteiger partial charge is 0.00264 e. The van der Waals surface area contributed by atoms with Crippen molar-refractivity contribution in [1.82, 2.24) is 0 Å². The number of benzene rings is 6. The van der Waals surface area contributed by atoms with E-state index in [0.29, 0.717) is 0 Å². The maximum atomic E-state index is 3.63. The molecule has 28 heavy (non-hydrogen) atoms. The lowest BCUT2D eigenvalue weighted by atomic mass is 9.90. The van der Waals surface area contributed by atoms with Crippen LogP contribution in [0.15, 0.2) is 110 Å². The van der Waals surface area contributed by atoms with Crippen LogP contribution in [-0.4, -0.2) is 0 Å². The van der Waals surface area contributed by atoms with Crippen molar-refractivity contribution in [3.63, 3.8) is 0 Å². The predicted octanol–water partition coefficient (Wildman–Crippen LogP) is 8.07. The van der Waals surface area contributed by atoms with E-state index in [4.69, 9.17) is 0 Å². The van der Waals surface area contributed by atoms with Crippen LogP contribution in [-0.2, 0) is 0 Å². The van der Waals surface area contributed by atoms with E-state index in [2.05, 4.69) is 79.4 Å². The molecule has 0 fully saturated rings. The Hall–Kier alpha value is -3.64. The fraction of sp³-hybridized carbons (Fsp3) is 0. The third kappa shape index (κ3) is 2.62. The molecular weight excluding hydrogens is 336 g/mol. The van der Waals surface area contributed by atoms with Gasteiger partial charge in [-0.05, 0) is 48.7 Å². The fourth-order valence-corrected chi connectivity index (χ4v) is 4.17. The fourth-order valence-electron chi connectivity index (χ4n) is 4.17. The summed E-state index contributed by atoms with van der Waals surface area (Å²) in [4.78, 5) is 0. The first-order valence-corrected chi connectivity index (χ1v) is 9.58. The molecule has 0 aliphatic carbocycles. The highest BCUT2D eigenvalue weighted by molar-refractivity contribution is 6.32. The Kier molecular flexibility index (Phi) is 4.03. The highest BCUT2D eigenvalue weighted by Crippen LogP contribution is 2.39. The van der Waals surface area contributed by atoms with Crippen molar-refractivity contribution in [2.75, 3.05) is 0 Å². The molecule has 0 saturated heterocycles. The Balaban J connectivity index is 0.000000181. The summed E-state index contributed by atoms with van der Waals surface area (Å²) in [5.74, 6) is 0. The third-order valence-electron chi connectivity index (χ3n) is 5.43. The van der Waals surface area contributed by atoms with E-state index in [9.17, 15) is 0 Å². The molecule has 0 saturated carbocycles. The van der Waals surface area contributed by atoms with E-state index in [1.165, 1.54) is 48.7 Å². The predicted molar refractivity (Wildman–Crippen MR) is 124 cm³/mol. The first kappa shape index (κ1) is 16.5. The van der Waals surface area contributed by atoms with Crippen LogP contribution in [0.5, 0.6) is 0 Å². The van der Waals surface area contributed by atoms with E-state index in [1.54, 1.807) is 0 Å². The minimum absolute atomic E-state index is 1.17. The Morgan fingerprint density at radius 1 is 0.429 bits per heavy atom. The van der Waals surface area contributed by atoms with Crippen LogP contribution < -0.4 is 0 Å². The molecule has 0 atom stereocenters. The molecule has 0 aliphatic rings. The topological polar surface area (TPSA) is 0 Å². The van der Waals surface area contributed by atoms with E-state index in [-0.39, 0.29) is 0 Å². The normalized spacial score (nSPS) is 11.0. The summed E-state index contributed by atoms with van der Waals surface area (Å²) < 4.78 is 0. The van der Waals surface area contributed by atoms with Gasteiger partial charge in [-0.2, -0.15) is 0 Å². The number of rotatable bonds is 1. The van der Waals surface area contributed by atoms with Crippen LogP contribution in [0.25, 0.3) is 49.2 Å². The van der Waals surface area contributed by atoms with Gasteiger partial charge in [0.25, 0.3) is 0 Å². The second-order valence-corrected chi connectivity index (χ2v) is 7.03. The quantitative estimate of drug-likeness (QED) is 0.206. The molecule has 132 valence electrons. The molecule has 0 radical (unpaired) electrons. The van der Waals surface area contributed by atoms with Gasteiger partial charge in [0.2, 0.25) is 0 Å². The summed E-state index contributed by atoms with van der Waals surface area (Å²) in [5, 5.41) is 10.9. The molecule has 6 aromatic rings. The zero-order valence-corrected chi connectivity index (χ0v) is 15.6. The molecule has 0 unspecified atom stereocenters. The summed E-state index contributed by atoms with van der Waals surface area (Å²) >= 11 is 0. The van der Waals surface area contributed by atoms with Gasteiger partial charge in [0.1, 0.15) is 0 Å². The molecular formula is C28H20. The Labute approximate surface area is 164 Å². The SMILES string of the molecule is C=Cc1ccccc1.c1cc2cccc3c4cccc5cccc(c(c1)c23)c54. The zero-order chi connectivity index (χ0) is 18.9. The zero-order valence-electron chi connectivity index (χ0n) is 15.6. The first-order chi connectivity index (χ1) is 13.9. The average Bonchev–Trinajstić information content (AvgIpc) is 2.78. The summed E-state index contributed by atoms with van der Waals surface area (Å²) in [6.07, 6.45) is 1.83. The highest BCUT2D eigenvalue weighted by Gasteiger charge is 2.11. The van der Waals surface area contributed by atoms with Gasteiger partial charge in [-0.3, -0.25) is 0 Å². The van der Waals surface area contributed by atoms with Crippen LogP contribution in [0, 0.1) is 0 Å². The van der Waals surface area contributed by atoms with E-state index in [0.717, 1.165) is 0 Å². The van der Waals surface area contributed by atoms with Crippen molar-refractivity contribution >= 4 is 49.2 Å². The highest BCUT2D eigenvalue weighted by atomic mass is 14.1. The summed E-state index contributed by atoms with van der Waals surface area (Å²) in [5.41, 5.74) is 1.17. The van der Waals surface area contributed by atoms with Crippen LogP contribution in [0.2, 0.25) is 0 Å². The standard InChI is InChI=1S/C20H12.C8H8/c1-5-13-6-2-11-17-18-12-4-8-14-7-3-10-16(20(14)18)15(9-1)19(13)17;1-2-8-6-4-3-5-7-8/h1-12H;2-7H,1H2. The number of fused-ring (bicyclic) bond motifs is 2. The molecule has 0 nitrogen and oxygen atoms in total. The minimum atomic E-state index is 1.17. The van der Waals surface area contributed by atoms with E-state index in [1.807, 2.05) is 36.4 Å². The van der Waals surface area contributed by atoms with Gasteiger partial charge in [-0.15, -0.1) is 0 Å². The van der Waals surface area contributed by atoms with Crippen LogP contribution in [0.1, 0.15) is 5.56 Å². The van der Waals surface area contributed by atoms with Crippen molar-refractivity contribution in [2.24, 2.45) is 0 Å². The molecule has 6 aromatic carbocycles. The molecule has 0 aliphatic heterocycles. The number of hydrogen-bond acceptors (Lipinski definition) is 0. The second-order valence-electron chi connectivity index (χ2n) is 7.03. The third-order valence-corrected chi connectivity index (χ3v) is 5.43. The molecule has 0 spiro atoms. The Bertz CT molecular complexity index is 1240. The van der Waals surface area contributed by atoms with Gasteiger partial charge < -0.3 is 0 Å². The Morgan fingerprint density at radius 2 is 0.821 bits per heavy atom. The molecule has 0 amide bonds. The van der Waals surface area contributed by atoms with Gasteiger partial charge >= 0.3 is 0 Å². The summed E-state index contributed by atoms with van der Waals surface area (Å²) in [6, 6.07) is 36.5.